The van der Waals surface area contributed by atoms with Crippen LogP contribution in [0.1, 0.15) is 206 Å². The SMILES string of the molecule is CCCC/C=C\CCCCCCCC(=O)OCCCCCC/C=C\CCCC(=O)NC(CO)C(O)CCCCCCCCCCCCC. The molecule has 0 radical (unpaired) electrons. The summed E-state index contributed by atoms with van der Waals surface area (Å²) in [6, 6.07) is -0.577. The minimum Gasteiger partial charge on any atom is -0.466 e. The highest BCUT2D eigenvalue weighted by Gasteiger charge is 2.19. The highest BCUT2D eigenvalue weighted by Crippen LogP contribution is 2.14. The van der Waals surface area contributed by atoms with Crippen LogP contribution in [-0.4, -0.2) is 47.4 Å². The number of amides is 1. The molecule has 282 valence electrons. The van der Waals surface area contributed by atoms with E-state index in [4.69, 9.17) is 4.74 Å². The molecule has 0 aromatic carbocycles. The van der Waals surface area contributed by atoms with Crippen molar-refractivity contribution < 1.29 is 24.5 Å². The molecule has 6 nitrogen and oxygen atoms in total. The number of hydrogen-bond acceptors (Lipinski definition) is 5. The maximum absolute atomic E-state index is 12.3. The van der Waals surface area contributed by atoms with Crippen molar-refractivity contribution in [3.05, 3.63) is 24.3 Å². The van der Waals surface area contributed by atoms with E-state index in [0.29, 0.717) is 25.9 Å². The zero-order chi connectivity index (χ0) is 35.2. The molecule has 0 saturated carbocycles. The smallest absolute Gasteiger partial charge is 0.305 e. The Hall–Kier alpha value is -1.66. The summed E-state index contributed by atoms with van der Waals surface area (Å²) < 4.78 is 5.39. The van der Waals surface area contributed by atoms with E-state index in [2.05, 4.69) is 43.5 Å². The second-order valence-electron chi connectivity index (χ2n) is 14.0. The van der Waals surface area contributed by atoms with Gasteiger partial charge in [0.15, 0.2) is 0 Å². The van der Waals surface area contributed by atoms with E-state index in [-0.39, 0.29) is 18.5 Å². The van der Waals surface area contributed by atoms with Crippen molar-refractivity contribution in [3.8, 4) is 0 Å². The molecule has 1 amide bonds. The summed E-state index contributed by atoms with van der Waals surface area (Å²) in [5.41, 5.74) is 0. The second-order valence-corrected chi connectivity index (χ2v) is 14.0. The van der Waals surface area contributed by atoms with Gasteiger partial charge in [0.25, 0.3) is 0 Å². The van der Waals surface area contributed by atoms with Crippen molar-refractivity contribution in [2.24, 2.45) is 0 Å². The molecule has 6 heteroatoms. The largest absolute Gasteiger partial charge is 0.466 e. The summed E-state index contributed by atoms with van der Waals surface area (Å²) in [4.78, 5) is 24.3. The Morgan fingerprint density at radius 2 is 1.02 bits per heavy atom. The van der Waals surface area contributed by atoms with Crippen LogP contribution in [0.4, 0.5) is 0 Å². The molecule has 0 aromatic rings. The zero-order valence-corrected chi connectivity index (χ0v) is 31.7. The van der Waals surface area contributed by atoms with Crippen molar-refractivity contribution in [2.75, 3.05) is 13.2 Å². The lowest BCUT2D eigenvalue weighted by molar-refractivity contribution is -0.143. The second kappa shape index (κ2) is 38.1. The molecule has 0 rings (SSSR count). The highest BCUT2D eigenvalue weighted by atomic mass is 16.5. The fourth-order valence-corrected chi connectivity index (χ4v) is 5.97. The first-order chi connectivity index (χ1) is 23.5. The van der Waals surface area contributed by atoms with Crippen LogP contribution in [0.25, 0.3) is 0 Å². The summed E-state index contributed by atoms with van der Waals surface area (Å²) in [7, 11) is 0. The molecular formula is C42H79NO5. The first kappa shape index (κ1) is 46.3. The van der Waals surface area contributed by atoms with Gasteiger partial charge in [0, 0.05) is 12.8 Å². The predicted molar refractivity (Wildman–Crippen MR) is 204 cm³/mol. The van der Waals surface area contributed by atoms with Gasteiger partial charge in [-0.05, 0) is 64.2 Å². The summed E-state index contributed by atoms with van der Waals surface area (Å²) in [5.74, 6) is -0.147. The highest BCUT2D eigenvalue weighted by molar-refractivity contribution is 5.76. The number of unbranched alkanes of at least 4 members (excludes halogenated alkanes) is 22. The fraction of sp³-hybridized carbons (Fsp3) is 0.857. The summed E-state index contributed by atoms with van der Waals surface area (Å²) >= 11 is 0. The topological polar surface area (TPSA) is 95.9 Å². The maximum Gasteiger partial charge on any atom is 0.305 e. The van der Waals surface area contributed by atoms with Gasteiger partial charge < -0.3 is 20.3 Å². The standard InChI is InChI=1S/C42H79NO5/c1-3-5-7-9-11-13-15-18-22-26-30-34-40(45)39(38-44)43-41(46)35-31-27-23-19-17-21-25-29-33-37-48-42(47)36-32-28-24-20-16-14-12-10-8-6-4-2/h10,12,19,23,39-40,44-45H,3-9,11,13-18,20-22,24-38H2,1-2H3,(H,43,46)/b12-10-,23-19-. The van der Waals surface area contributed by atoms with E-state index >= 15 is 0 Å². The zero-order valence-electron chi connectivity index (χ0n) is 31.7. The maximum atomic E-state index is 12.3. The van der Waals surface area contributed by atoms with Crippen molar-refractivity contribution in [1.82, 2.24) is 5.32 Å². The van der Waals surface area contributed by atoms with Gasteiger partial charge in [0.2, 0.25) is 5.91 Å². The Morgan fingerprint density at radius 1 is 0.562 bits per heavy atom. The third kappa shape index (κ3) is 34.2. The molecule has 0 heterocycles. The van der Waals surface area contributed by atoms with E-state index in [9.17, 15) is 19.8 Å². The molecule has 2 atom stereocenters. The molecular weight excluding hydrogens is 598 g/mol. The van der Waals surface area contributed by atoms with Crippen LogP contribution in [0.15, 0.2) is 24.3 Å². The number of hydrogen-bond donors (Lipinski definition) is 3. The third-order valence-electron chi connectivity index (χ3n) is 9.22. The van der Waals surface area contributed by atoms with Gasteiger partial charge >= 0.3 is 5.97 Å². The van der Waals surface area contributed by atoms with E-state index < -0.39 is 12.1 Å². The minimum absolute atomic E-state index is 0.0480. The Morgan fingerprint density at radius 3 is 1.58 bits per heavy atom. The lowest BCUT2D eigenvalue weighted by Gasteiger charge is -2.22. The van der Waals surface area contributed by atoms with Gasteiger partial charge in [0.05, 0.1) is 25.4 Å². The number of rotatable bonds is 37. The number of esters is 1. The van der Waals surface area contributed by atoms with Crippen LogP contribution in [0, 0.1) is 0 Å². The van der Waals surface area contributed by atoms with Gasteiger partial charge in [-0.25, -0.2) is 0 Å². The van der Waals surface area contributed by atoms with E-state index in [1.165, 1.54) is 103 Å². The summed E-state index contributed by atoms with van der Waals surface area (Å²) in [6.45, 7) is 4.79. The first-order valence-corrected chi connectivity index (χ1v) is 20.6. The number of aliphatic hydroxyl groups excluding tert-OH is 2. The predicted octanol–water partition coefficient (Wildman–Crippen LogP) is 11.2. The fourth-order valence-electron chi connectivity index (χ4n) is 5.97. The van der Waals surface area contributed by atoms with Crippen LogP contribution in [0.5, 0.6) is 0 Å². The van der Waals surface area contributed by atoms with Crippen LogP contribution in [0.2, 0.25) is 0 Å². The van der Waals surface area contributed by atoms with Crippen LogP contribution in [-0.2, 0) is 14.3 Å². The van der Waals surface area contributed by atoms with Gasteiger partial charge in [-0.2, -0.15) is 0 Å². The summed E-state index contributed by atoms with van der Waals surface area (Å²) in [5, 5.41) is 23.0. The van der Waals surface area contributed by atoms with Crippen LogP contribution >= 0.6 is 0 Å². The number of nitrogens with one attached hydrogen (secondary N) is 1. The van der Waals surface area contributed by atoms with E-state index in [0.717, 1.165) is 70.6 Å². The molecule has 2 unspecified atom stereocenters. The van der Waals surface area contributed by atoms with E-state index in [1.54, 1.807) is 0 Å². The van der Waals surface area contributed by atoms with Gasteiger partial charge in [0.1, 0.15) is 0 Å². The Kier molecular flexibility index (Phi) is 36.8. The average Bonchev–Trinajstić information content (AvgIpc) is 3.08. The number of ether oxygens (including phenoxy) is 1. The quantitative estimate of drug-likeness (QED) is 0.0345. The van der Waals surface area contributed by atoms with Gasteiger partial charge in [-0.1, -0.05) is 154 Å². The van der Waals surface area contributed by atoms with Crippen LogP contribution < -0.4 is 5.32 Å². The molecule has 48 heavy (non-hydrogen) atoms. The third-order valence-corrected chi connectivity index (χ3v) is 9.22. The Labute approximate surface area is 297 Å². The number of carbonyl (C=O) groups excluding carboxylic acids is 2. The molecule has 3 N–H and O–H groups in total. The van der Waals surface area contributed by atoms with Crippen molar-refractivity contribution in [2.45, 2.75) is 219 Å². The Balaban J connectivity index is 3.59. The minimum atomic E-state index is -0.693. The Bertz CT molecular complexity index is 752. The molecule has 0 aliphatic carbocycles. The molecule has 0 aliphatic rings. The van der Waals surface area contributed by atoms with Gasteiger partial charge in [-0.15, -0.1) is 0 Å². The molecule has 0 aromatic heterocycles. The average molecular weight is 678 g/mol. The summed E-state index contributed by atoms with van der Waals surface area (Å²) in [6.07, 6.45) is 41.3. The van der Waals surface area contributed by atoms with Crippen molar-refractivity contribution in [1.29, 1.82) is 0 Å². The van der Waals surface area contributed by atoms with Crippen molar-refractivity contribution in [3.63, 3.8) is 0 Å². The molecule has 0 fully saturated rings. The van der Waals surface area contributed by atoms with Gasteiger partial charge in [-0.3, -0.25) is 9.59 Å². The number of carbonyl (C=O) groups is 2. The van der Waals surface area contributed by atoms with Crippen molar-refractivity contribution >= 4 is 11.9 Å². The lowest BCUT2D eigenvalue weighted by atomic mass is 10.0. The lowest BCUT2D eigenvalue weighted by Crippen LogP contribution is -2.45. The number of allylic oxidation sites excluding steroid dienone is 4. The molecule has 0 spiro atoms. The first-order valence-electron chi connectivity index (χ1n) is 20.6. The normalized spacial score (nSPS) is 13.0. The molecule has 0 saturated heterocycles. The molecule has 0 aliphatic heterocycles. The number of aliphatic hydroxyl groups is 2. The van der Waals surface area contributed by atoms with E-state index in [1.807, 2.05) is 0 Å². The molecule has 0 bridgehead atoms. The monoisotopic (exact) mass is 678 g/mol. The van der Waals surface area contributed by atoms with Crippen LogP contribution in [0.3, 0.4) is 0 Å².